The molecule has 4 nitrogen and oxygen atoms in total. The first-order valence-electron chi connectivity index (χ1n) is 8.50. The summed E-state index contributed by atoms with van der Waals surface area (Å²) in [7, 11) is 0. The fraction of sp³-hybridized carbons (Fsp3) is 0.421. The highest BCUT2D eigenvalue weighted by Crippen LogP contribution is 2.25. The molecule has 0 aliphatic carbocycles. The van der Waals surface area contributed by atoms with Crippen LogP contribution in [0.25, 0.3) is 0 Å². The molecule has 2 aliphatic rings. The van der Waals surface area contributed by atoms with Crippen molar-refractivity contribution in [2.45, 2.75) is 31.5 Å². The zero-order chi connectivity index (χ0) is 16.5. The van der Waals surface area contributed by atoms with Gasteiger partial charge in [-0.2, -0.15) is 0 Å². The lowest BCUT2D eigenvalue weighted by Gasteiger charge is -2.34. The van der Waals surface area contributed by atoms with Crippen molar-refractivity contribution in [2.24, 2.45) is 0 Å². The number of rotatable bonds is 3. The molecular weight excluding hydrogens is 320 g/mol. The molecule has 0 spiro atoms. The monoisotopic (exact) mass is 342 g/mol. The van der Waals surface area contributed by atoms with Gasteiger partial charge in [-0.15, -0.1) is 11.3 Å². The molecule has 0 unspecified atom stereocenters. The maximum atomic E-state index is 12.5. The number of amides is 1. The molecule has 1 N–H and O–H groups in total. The van der Waals surface area contributed by atoms with Gasteiger partial charge < -0.3 is 10.0 Å². The second-order valence-electron chi connectivity index (χ2n) is 6.68. The lowest BCUT2D eigenvalue weighted by atomic mass is 9.98. The van der Waals surface area contributed by atoms with Gasteiger partial charge in [-0.25, -0.2) is 0 Å². The third-order valence-corrected chi connectivity index (χ3v) is 6.02. The van der Waals surface area contributed by atoms with Crippen LogP contribution in [0.4, 0.5) is 0 Å². The van der Waals surface area contributed by atoms with Crippen LogP contribution in [0, 0.1) is 0 Å². The standard InChI is InChI=1S/C19H22N2O2S/c22-18-13-21(19(23)10-16-6-3-9-24-16)12-17(18)20-8-7-14-4-1-2-5-15(14)11-20/h1-6,9,17-18,22H,7-8,10-13H2/t17-,18-/m1/s1. The number of nitrogens with zero attached hydrogens (tertiary/aromatic N) is 2. The number of β-amino-alcohol motifs (C(OH)–C–C–N with tert-alkyl or cyclic N) is 1. The summed E-state index contributed by atoms with van der Waals surface area (Å²) in [4.78, 5) is 17.7. The van der Waals surface area contributed by atoms with E-state index in [2.05, 4.69) is 29.2 Å². The fourth-order valence-corrected chi connectivity index (χ4v) is 4.50. The predicted molar refractivity (Wildman–Crippen MR) is 95.0 cm³/mol. The Kier molecular flexibility index (Phi) is 4.39. The SMILES string of the molecule is O=C(Cc1cccs1)N1C[C@@H](O)[C@H](N2CCc3ccccc3C2)C1. The third kappa shape index (κ3) is 3.11. The van der Waals surface area contributed by atoms with E-state index in [9.17, 15) is 9.90 Å². The van der Waals surface area contributed by atoms with Gasteiger partial charge in [0, 0.05) is 31.1 Å². The number of thiophene rings is 1. The molecule has 2 aromatic rings. The van der Waals surface area contributed by atoms with Crippen LogP contribution in [0.2, 0.25) is 0 Å². The zero-order valence-electron chi connectivity index (χ0n) is 13.6. The summed E-state index contributed by atoms with van der Waals surface area (Å²) in [5.74, 6) is 0.122. The molecule has 1 fully saturated rings. The predicted octanol–water partition coefficient (Wildman–Crippen LogP) is 1.92. The largest absolute Gasteiger partial charge is 0.390 e. The van der Waals surface area contributed by atoms with Crippen molar-refractivity contribution in [3.63, 3.8) is 0 Å². The first-order chi connectivity index (χ1) is 11.7. The number of fused-ring (bicyclic) bond motifs is 1. The molecule has 3 heterocycles. The van der Waals surface area contributed by atoms with Gasteiger partial charge in [0.2, 0.25) is 5.91 Å². The van der Waals surface area contributed by atoms with Gasteiger partial charge in [-0.05, 0) is 29.0 Å². The van der Waals surface area contributed by atoms with E-state index in [0.717, 1.165) is 24.4 Å². The lowest BCUT2D eigenvalue weighted by molar-refractivity contribution is -0.129. The van der Waals surface area contributed by atoms with E-state index in [1.807, 2.05) is 22.4 Å². The molecule has 4 rings (SSSR count). The smallest absolute Gasteiger partial charge is 0.227 e. The average Bonchev–Trinajstić information content (AvgIpc) is 3.24. The Morgan fingerprint density at radius 3 is 2.79 bits per heavy atom. The molecule has 1 amide bonds. The first-order valence-corrected chi connectivity index (χ1v) is 9.38. The van der Waals surface area contributed by atoms with Crippen molar-refractivity contribution in [3.05, 3.63) is 57.8 Å². The molecule has 1 aromatic heterocycles. The van der Waals surface area contributed by atoms with Crippen LogP contribution in [0.5, 0.6) is 0 Å². The quantitative estimate of drug-likeness (QED) is 0.927. The Hall–Kier alpha value is -1.69. The molecule has 2 aliphatic heterocycles. The van der Waals surface area contributed by atoms with Crippen molar-refractivity contribution >= 4 is 17.2 Å². The molecule has 1 aromatic carbocycles. The summed E-state index contributed by atoms with van der Waals surface area (Å²) in [6, 6.07) is 12.5. The topological polar surface area (TPSA) is 43.8 Å². The van der Waals surface area contributed by atoms with Crippen LogP contribution in [-0.2, 0) is 24.2 Å². The number of aliphatic hydroxyl groups is 1. The Morgan fingerprint density at radius 1 is 1.17 bits per heavy atom. The number of carbonyl (C=O) groups is 1. The Bertz CT molecular complexity index is 716. The molecule has 0 radical (unpaired) electrons. The number of carbonyl (C=O) groups excluding carboxylic acids is 1. The van der Waals surface area contributed by atoms with Gasteiger partial charge in [0.1, 0.15) is 0 Å². The van der Waals surface area contributed by atoms with Crippen LogP contribution in [-0.4, -0.2) is 52.6 Å². The van der Waals surface area contributed by atoms with Gasteiger partial charge in [-0.3, -0.25) is 9.69 Å². The van der Waals surface area contributed by atoms with E-state index in [1.54, 1.807) is 11.3 Å². The summed E-state index contributed by atoms with van der Waals surface area (Å²) in [5, 5.41) is 12.5. The summed E-state index contributed by atoms with van der Waals surface area (Å²) in [5.41, 5.74) is 2.76. The average molecular weight is 342 g/mol. The maximum absolute atomic E-state index is 12.5. The Labute approximate surface area is 146 Å². The lowest BCUT2D eigenvalue weighted by Crippen LogP contribution is -2.45. The van der Waals surface area contributed by atoms with Gasteiger partial charge in [-0.1, -0.05) is 30.3 Å². The highest BCUT2D eigenvalue weighted by atomic mass is 32.1. The molecule has 0 saturated carbocycles. The highest BCUT2D eigenvalue weighted by molar-refractivity contribution is 7.10. The molecule has 5 heteroatoms. The Morgan fingerprint density at radius 2 is 2.00 bits per heavy atom. The zero-order valence-corrected chi connectivity index (χ0v) is 14.4. The fourth-order valence-electron chi connectivity index (χ4n) is 3.81. The van der Waals surface area contributed by atoms with Crippen LogP contribution in [0.3, 0.4) is 0 Å². The number of hydrogen-bond acceptors (Lipinski definition) is 4. The summed E-state index contributed by atoms with van der Waals surface area (Å²) in [6.45, 7) is 2.90. The Balaban J connectivity index is 1.41. The van der Waals surface area contributed by atoms with Crippen LogP contribution in [0.15, 0.2) is 41.8 Å². The van der Waals surface area contributed by atoms with Gasteiger partial charge in [0.25, 0.3) is 0 Å². The molecule has 1 saturated heterocycles. The minimum atomic E-state index is -0.456. The van der Waals surface area contributed by atoms with E-state index < -0.39 is 6.10 Å². The third-order valence-electron chi connectivity index (χ3n) is 5.15. The second-order valence-corrected chi connectivity index (χ2v) is 7.71. The number of hydrogen-bond donors (Lipinski definition) is 1. The number of benzene rings is 1. The number of likely N-dealkylation sites (tertiary alicyclic amines) is 1. The minimum absolute atomic E-state index is 0.0469. The van der Waals surface area contributed by atoms with Crippen LogP contribution in [0.1, 0.15) is 16.0 Å². The summed E-state index contributed by atoms with van der Waals surface area (Å²) < 4.78 is 0. The van der Waals surface area contributed by atoms with Crippen LogP contribution >= 0.6 is 11.3 Å². The molecule has 126 valence electrons. The summed E-state index contributed by atoms with van der Waals surface area (Å²) >= 11 is 1.61. The minimum Gasteiger partial charge on any atom is -0.390 e. The molecule has 0 bridgehead atoms. The van der Waals surface area contributed by atoms with Crippen molar-refractivity contribution in [1.82, 2.24) is 9.80 Å². The highest BCUT2D eigenvalue weighted by Gasteiger charge is 2.38. The van der Waals surface area contributed by atoms with Crippen molar-refractivity contribution in [2.75, 3.05) is 19.6 Å². The molecule has 24 heavy (non-hydrogen) atoms. The van der Waals surface area contributed by atoms with Gasteiger partial charge in [0.15, 0.2) is 0 Å². The molecule has 2 atom stereocenters. The van der Waals surface area contributed by atoms with Crippen molar-refractivity contribution in [1.29, 1.82) is 0 Å². The number of aliphatic hydroxyl groups excluding tert-OH is 1. The van der Waals surface area contributed by atoms with Crippen molar-refractivity contribution in [3.8, 4) is 0 Å². The molecular formula is C19H22N2O2S. The van der Waals surface area contributed by atoms with Crippen LogP contribution < -0.4 is 0 Å². The maximum Gasteiger partial charge on any atom is 0.227 e. The summed E-state index contributed by atoms with van der Waals surface area (Å²) in [6.07, 6.45) is 1.00. The van der Waals surface area contributed by atoms with Gasteiger partial charge >= 0.3 is 0 Å². The van der Waals surface area contributed by atoms with Crippen molar-refractivity contribution < 1.29 is 9.90 Å². The van der Waals surface area contributed by atoms with E-state index in [-0.39, 0.29) is 11.9 Å². The normalized spacial score (nSPS) is 24.1. The van der Waals surface area contributed by atoms with E-state index in [1.165, 1.54) is 11.1 Å². The van der Waals surface area contributed by atoms with E-state index in [0.29, 0.717) is 19.5 Å². The van der Waals surface area contributed by atoms with Gasteiger partial charge in [0.05, 0.1) is 18.6 Å². The second kappa shape index (κ2) is 6.67. The van der Waals surface area contributed by atoms with E-state index in [4.69, 9.17) is 0 Å². The van der Waals surface area contributed by atoms with E-state index >= 15 is 0 Å². The first kappa shape index (κ1) is 15.8.